The fraction of sp³-hybridized carbons (Fsp3) is 0.267. The summed E-state index contributed by atoms with van der Waals surface area (Å²) in [6.45, 7) is 7.91. The summed E-state index contributed by atoms with van der Waals surface area (Å²) in [5.74, 6) is 0. The Labute approximate surface area is 529 Å². The average molecular weight is 1060 g/mol. The molecule has 2 N–H and O–H groups in total. The monoisotopic (exact) mass is 1060 g/mol. The molecule has 78 heavy (non-hydrogen) atoms. The molecule has 7 aromatic rings. The number of nitrogens with one attached hydrogen (secondary N) is 2. The number of fused-ring (bicyclic) bond motifs is 8. The first-order valence-corrected chi connectivity index (χ1v) is 26.3. The van der Waals surface area contributed by atoms with E-state index < -0.39 is 41.7 Å². The van der Waals surface area contributed by atoms with Crippen molar-refractivity contribution in [3.63, 3.8) is 0 Å². The maximum Gasteiger partial charge on any atom is 2.00 e. The molecule has 0 aliphatic carbocycles. The fourth-order valence-electron chi connectivity index (χ4n) is 11.9. The van der Waals surface area contributed by atoms with Crippen LogP contribution in [0.4, 0.5) is 0 Å². The molecule has 8 unspecified atom stereocenters. The number of H-pyrrole nitrogens is 2. The predicted molar refractivity (Wildman–Crippen MR) is 329 cm³/mol. The predicted octanol–water partition coefficient (Wildman–Crippen LogP) is 7.72. The standard InChI is InChI=1S/C60H46B12N4.K.Zn/c1-53(61)57(65,69-53)29-33-5-13-37(14-6-33)49-41-21-23-43(73-41)50(38-15-7-34(8-16-38)30-58(66)54(2,62)70-58)45-25-27-47(75-45)52(40-19-11-36(12-20-40)32-60(68)56(4,64)72-60)48-28-26-46(76-48)51(44-24-22-42(49)74-44)39-17-9-35(10-18-39)31-59(67)55(3,63)71-59;;/h5-28,73-74H,29-32H2,1-4H3;;/q;+1;+2. The molecule has 4 aromatic carbocycles. The molecule has 20 radical (unpaired) electrons. The van der Waals surface area contributed by atoms with Gasteiger partial charge >= 0.3 is 70.9 Å². The van der Waals surface area contributed by atoms with Crippen LogP contribution in [-0.2, 0) is 45.2 Å². The van der Waals surface area contributed by atoms with Crippen molar-refractivity contribution in [2.24, 2.45) is 0 Å². The number of nitrogens with zero attached hydrogens (tertiary/aromatic N) is 2. The zero-order valence-corrected chi connectivity index (χ0v) is 51.3. The van der Waals surface area contributed by atoms with Crippen LogP contribution in [-0.4, -0.2) is 112 Å². The Kier molecular flexibility index (Phi) is 14.2. The van der Waals surface area contributed by atoms with Crippen LogP contribution in [0.15, 0.2) is 121 Å². The summed E-state index contributed by atoms with van der Waals surface area (Å²) in [7, 11) is 60.7. The van der Waals surface area contributed by atoms with Gasteiger partial charge in [-0.2, -0.15) is 0 Å². The topological polar surface area (TPSA) is 57.4 Å². The second-order valence-corrected chi connectivity index (χ2v) is 23.9. The van der Waals surface area contributed by atoms with E-state index in [4.69, 9.17) is 72.7 Å². The maximum absolute atomic E-state index is 6.71. The minimum absolute atomic E-state index is 0. The van der Waals surface area contributed by atoms with Crippen LogP contribution >= 0.6 is 0 Å². The van der Waals surface area contributed by atoms with E-state index in [2.05, 4.69) is 156 Å². The summed E-state index contributed by atoms with van der Waals surface area (Å²) >= 11 is 0. The Morgan fingerprint density at radius 1 is 0.333 bits per heavy atom. The molecule has 18 heteroatoms. The normalized spacial score (nSPS) is 29.4. The molecule has 0 amide bonds. The van der Waals surface area contributed by atoms with Crippen LogP contribution in [0.25, 0.3) is 90.9 Å². The smallest absolute Gasteiger partial charge is 0.354 e. The molecule has 342 valence electrons. The van der Waals surface area contributed by atoms with Gasteiger partial charge in [0.1, 0.15) is 29.1 Å². The average Bonchev–Trinajstić information content (AvgIpc) is 3.99. The van der Waals surface area contributed by atoms with Gasteiger partial charge in [0, 0.05) is 44.3 Å². The molecule has 4 nitrogen and oxygen atoms in total. The first-order chi connectivity index (χ1) is 35.9. The largest absolute Gasteiger partial charge is 2.00 e. The third-order valence-corrected chi connectivity index (χ3v) is 17.6. The number of aromatic amines is 2. The Balaban J connectivity index is 0.00000323. The number of hydrogen-bond acceptors (Lipinski definition) is 2. The van der Waals surface area contributed by atoms with E-state index >= 15 is 0 Å². The molecule has 6 aliphatic heterocycles. The van der Waals surface area contributed by atoms with Crippen molar-refractivity contribution >= 4 is 138 Å². The molecule has 6 aliphatic rings. The zero-order chi connectivity index (χ0) is 53.0. The number of rotatable bonds is 12. The van der Waals surface area contributed by atoms with E-state index in [0.717, 1.165) is 112 Å². The van der Waals surface area contributed by atoms with Gasteiger partial charge in [0.25, 0.3) is 0 Å². The molecule has 0 saturated carbocycles. The van der Waals surface area contributed by atoms with Gasteiger partial charge in [-0.1, -0.05) is 146 Å². The van der Waals surface area contributed by atoms with Crippen molar-refractivity contribution in [3.05, 3.63) is 166 Å². The SMILES string of the molecule is [B]C1(C)[B]C1([B])Cc1ccc(-c2c3nc(c(-c4ccc(CC5([B])[B]C5([B])C)cc4)c4ccc([nH]4)c(-c4ccc(CC5([B])[B]C5([B])C)cc4)c4ccc([nH]4)c(-c4ccc(CC5([B])[B]C5([B])C)cc4)c4nc2C=C4)C=C3)cc1.[K+].[Zn+2]. The van der Waals surface area contributed by atoms with Crippen LogP contribution in [0.1, 0.15) is 72.7 Å². The Morgan fingerprint density at radius 2 is 0.538 bits per heavy atom. The molecule has 4 fully saturated rings. The number of aromatic nitrogens is 4. The van der Waals surface area contributed by atoms with Gasteiger partial charge in [-0.05, 0) is 119 Å². The van der Waals surface area contributed by atoms with Crippen LogP contribution in [0.5, 0.6) is 0 Å². The Bertz CT molecular complexity index is 3630. The molecule has 8 bridgehead atoms. The van der Waals surface area contributed by atoms with Crippen LogP contribution in [0.3, 0.4) is 0 Å². The molecule has 0 spiro atoms. The first kappa shape index (κ1) is 56.4. The summed E-state index contributed by atoms with van der Waals surface area (Å²) in [5.41, 5.74) is 19.0. The van der Waals surface area contributed by atoms with Gasteiger partial charge in [-0.3, -0.25) is 0 Å². The summed E-state index contributed by atoms with van der Waals surface area (Å²) in [5, 5.41) is -4.25. The molecule has 3 aromatic heterocycles. The molecule has 9 heterocycles. The van der Waals surface area contributed by atoms with E-state index in [1.54, 1.807) is 0 Å². The minimum Gasteiger partial charge on any atom is -0.354 e. The van der Waals surface area contributed by atoms with Crippen molar-refractivity contribution in [2.75, 3.05) is 0 Å². The van der Waals surface area contributed by atoms with E-state index in [1.807, 2.05) is 56.8 Å². The van der Waals surface area contributed by atoms with E-state index in [1.165, 1.54) is 0 Å². The Hall–Kier alpha value is -3.48. The van der Waals surface area contributed by atoms with Gasteiger partial charge in [0.05, 0.1) is 85.5 Å². The summed E-state index contributed by atoms with van der Waals surface area (Å²) in [4.78, 5) is 18.9. The minimum atomic E-state index is -0.557. The van der Waals surface area contributed by atoms with E-state index in [-0.39, 0.29) is 70.9 Å². The van der Waals surface area contributed by atoms with Gasteiger partial charge in [0.15, 0.2) is 0 Å². The van der Waals surface area contributed by atoms with E-state index in [0.29, 0.717) is 25.7 Å². The first-order valence-electron chi connectivity index (χ1n) is 26.3. The number of benzene rings is 4. The van der Waals surface area contributed by atoms with Crippen molar-refractivity contribution in [1.82, 2.24) is 19.9 Å². The summed E-state index contributed by atoms with van der Waals surface area (Å²) < 4.78 is 0. The molecular formula is C60H46B12KN4Zn+3. The molecule has 8 atom stereocenters. The zero-order valence-electron chi connectivity index (χ0n) is 45.2. The van der Waals surface area contributed by atoms with Gasteiger partial charge in [-0.15, -0.1) is 20.9 Å². The van der Waals surface area contributed by atoms with Crippen molar-refractivity contribution in [2.45, 2.75) is 95.1 Å². The third-order valence-electron chi connectivity index (χ3n) is 17.6. The second kappa shape index (κ2) is 19.6. The van der Waals surface area contributed by atoms with Crippen molar-refractivity contribution in [1.29, 1.82) is 0 Å². The van der Waals surface area contributed by atoms with Gasteiger partial charge in [0.2, 0.25) is 0 Å². The Morgan fingerprint density at radius 3 is 0.782 bits per heavy atom. The van der Waals surface area contributed by atoms with Crippen molar-refractivity contribution < 1.29 is 70.9 Å². The van der Waals surface area contributed by atoms with Gasteiger partial charge in [-0.25, -0.2) is 9.97 Å². The molecule has 4 saturated heterocycles. The number of hydrogen-bond donors (Lipinski definition) is 2. The molecular weight excluding hydrogens is 1010 g/mol. The summed E-state index contributed by atoms with van der Waals surface area (Å²) in [6.07, 6.45) is 11.0. The summed E-state index contributed by atoms with van der Waals surface area (Å²) in [6, 6.07) is 43.1. The third kappa shape index (κ3) is 10.0. The van der Waals surface area contributed by atoms with E-state index in [9.17, 15) is 0 Å². The quantitative estimate of drug-likeness (QED) is 0.123. The van der Waals surface area contributed by atoms with Crippen LogP contribution in [0, 0.1) is 0 Å². The van der Waals surface area contributed by atoms with Gasteiger partial charge < -0.3 is 9.97 Å². The molecule has 13 rings (SSSR count). The maximum atomic E-state index is 6.71. The van der Waals surface area contributed by atoms with Crippen LogP contribution in [0.2, 0.25) is 41.7 Å². The van der Waals surface area contributed by atoms with Crippen molar-refractivity contribution in [3.8, 4) is 44.5 Å². The fourth-order valence-corrected chi connectivity index (χ4v) is 11.9. The second-order valence-electron chi connectivity index (χ2n) is 23.9. The van der Waals surface area contributed by atoms with Crippen LogP contribution < -0.4 is 51.4 Å².